The molecule has 0 amide bonds. The monoisotopic (exact) mass is 437 g/mol. The number of esters is 1. The molecule has 10 heteroatoms. The van der Waals surface area contributed by atoms with E-state index in [9.17, 15) is 22.4 Å². The van der Waals surface area contributed by atoms with E-state index < -0.39 is 51.1 Å². The second kappa shape index (κ2) is 8.80. The van der Waals surface area contributed by atoms with Crippen LogP contribution in [0.2, 0.25) is 0 Å². The molecule has 30 heavy (non-hydrogen) atoms. The number of ether oxygens (including phenoxy) is 3. The average Bonchev–Trinajstić information content (AvgIpc) is 3.18. The Morgan fingerprint density at radius 1 is 1.13 bits per heavy atom. The van der Waals surface area contributed by atoms with Crippen LogP contribution in [0.4, 0.5) is 4.39 Å². The van der Waals surface area contributed by atoms with Gasteiger partial charge in [0.1, 0.15) is 16.8 Å². The van der Waals surface area contributed by atoms with Gasteiger partial charge in [0.15, 0.2) is 23.9 Å². The van der Waals surface area contributed by atoms with Gasteiger partial charge >= 0.3 is 5.97 Å². The molecule has 1 atom stereocenters. The van der Waals surface area contributed by atoms with Gasteiger partial charge in [0.25, 0.3) is 0 Å². The number of halogens is 1. The first-order valence-electron chi connectivity index (χ1n) is 9.05. The predicted octanol–water partition coefficient (Wildman–Crippen LogP) is 2.28. The van der Waals surface area contributed by atoms with Crippen molar-refractivity contribution in [1.82, 2.24) is 4.72 Å². The Morgan fingerprint density at radius 3 is 2.53 bits per heavy atom. The Bertz CT molecular complexity index is 1070. The number of fused-ring (bicyclic) bond motifs is 1. The summed E-state index contributed by atoms with van der Waals surface area (Å²) in [5.41, 5.74) is 0.250. The largest absolute Gasteiger partial charge is 0.456 e. The smallest absolute Gasteiger partial charge is 0.324 e. The normalized spacial score (nSPS) is 13.9. The number of ketones is 1. The van der Waals surface area contributed by atoms with Crippen LogP contribution in [0.5, 0.6) is 11.5 Å². The number of hydrogen-bond donors (Lipinski definition) is 1. The number of nitrogens with one attached hydrogen (secondary N) is 1. The van der Waals surface area contributed by atoms with E-state index in [4.69, 9.17) is 14.2 Å². The molecule has 8 nitrogen and oxygen atoms in total. The average molecular weight is 437 g/mol. The van der Waals surface area contributed by atoms with E-state index in [-0.39, 0.29) is 12.4 Å². The summed E-state index contributed by atoms with van der Waals surface area (Å²) in [6, 6.07) is 8.04. The summed E-state index contributed by atoms with van der Waals surface area (Å²) >= 11 is 0. The molecule has 0 unspecified atom stereocenters. The van der Waals surface area contributed by atoms with Gasteiger partial charge in [0.05, 0.1) is 0 Å². The fraction of sp³-hybridized carbons (Fsp3) is 0.300. The molecule has 1 N–H and O–H groups in total. The van der Waals surface area contributed by atoms with Gasteiger partial charge in [-0.05, 0) is 36.2 Å². The minimum atomic E-state index is -4.32. The zero-order chi connectivity index (χ0) is 21.9. The highest BCUT2D eigenvalue weighted by atomic mass is 32.2. The van der Waals surface area contributed by atoms with Crippen molar-refractivity contribution in [3.8, 4) is 11.5 Å². The Labute approximate surface area is 173 Å². The Kier molecular flexibility index (Phi) is 6.37. The Hall–Kier alpha value is -2.98. The molecule has 1 heterocycles. The van der Waals surface area contributed by atoms with Gasteiger partial charge in [-0.3, -0.25) is 9.59 Å². The van der Waals surface area contributed by atoms with Gasteiger partial charge in [-0.2, -0.15) is 4.72 Å². The number of benzene rings is 2. The lowest BCUT2D eigenvalue weighted by Gasteiger charge is -2.20. The molecule has 1 aliphatic rings. The summed E-state index contributed by atoms with van der Waals surface area (Å²) in [6.07, 6.45) is 0. The van der Waals surface area contributed by atoms with Crippen LogP contribution < -0.4 is 14.2 Å². The minimum Gasteiger partial charge on any atom is -0.456 e. The molecule has 0 aromatic heterocycles. The maximum absolute atomic E-state index is 13.9. The van der Waals surface area contributed by atoms with Crippen molar-refractivity contribution in [3.63, 3.8) is 0 Å². The molecule has 0 saturated heterocycles. The number of carbonyl (C=O) groups excluding carboxylic acids is 2. The first kappa shape index (κ1) is 21.7. The number of hydrogen-bond acceptors (Lipinski definition) is 7. The number of sulfonamides is 1. The second-order valence-corrected chi connectivity index (χ2v) is 8.55. The van der Waals surface area contributed by atoms with E-state index in [0.29, 0.717) is 11.5 Å². The summed E-state index contributed by atoms with van der Waals surface area (Å²) in [6.45, 7) is 2.65. The van der Waals surface area contributed by atoms with Gasteiger partial charge < -0.3 is 14.2 Å². The number of carbonyl (C=O) groups is 2. The lowest BCUT2D eigenvalue weighted by Crippen LogP contribution is -2.45. The van der Waals surface area contributed by atoms with Crippen LogP contribution in [0.15, 0.2) is 47.4 Å². The molecule has 0 bridgehead atoms. The third-order valence-corrected chi connectivity index (χ3v) is 5.84. The Balaban J connectivity index is 1.67. The van der Waals surface area contributed by atoms with Gasteiger partial charge in [-0.1, -0.05) is 26.0 Å². The minimum absolute atomic E-state index is 0.0557. The molecule has 0 aliphatic carbocycles. The van der Waals surface area contributed by atoms with E-state index in [1.807, 2.05) is 0 Å². The molecule has 3 rings (SSSR count). The van der Waals surface area contributed by atoms with Crippen molar-refractivity contribution in [2.45, 2.75) is 24.8 Å². The number of Topliss-reactive ketones (excluding diaryl/α,β-unsaturated/α-hetero) is 1. The molecular weight excluding hydrogens is 417 g/mol. The first-order valence-corrected chi connectivity index (χ1v) is 10.5. The maximum Gasteiger partial charge on any atom is 0.324 e. The molecule has 0 saturated carbocycles. The van der Waals surface area contributed by atoms with Crippen molar-refractivity contribution in [3.05, 3.63) is 53.8 Å². The summed E-state index contributed by atoms with van der Waals surface area (Å²) in [7, 11) is -4.32. The lowest BCUT2D eigenvalue weighted by atomic mass is 10.1. The zero-order valence-corrected chi connectivity index (χ0v) is 17.1. The van der Waals surface area contributed by atoms with Crippen LogP contribution in [-0.4, -0.2) is 39.6 Å². The molecule has 160 valence electrons. The fourth-order valence-corrected chi connectivity index (χ4v) is 4.14. The van der Waals surface area contributed by atoms with Crippen molar-refractivity contribution in [2.24, 2.45) is 5.92 Å². The SMILES string of the molecule is CC(C)[C@H](NS(=O)(=O)c1ccccc1F)C(=O)OCC(=O)c1ccc2c(c1)OCO2. The summed E-state index contributed by atoms with van der Waals surface area (Å²) in [4.78, 5) is 24.2. The summed E-state index contributed by atoms with van der Waals surface area (Å²) in [5, 5.41) is 0. The van der Waals surface area contributed by atoms with Crippen LogP contribution in [0.1, 0.15) is 24.2 Å². The highest BCUT2D eigenvalue weighted by Gasteiger charge is 2.31. The molecule has 0 spiro atoms. The highest BCUT2D eigenvalue weighted by Crippen LogP contribution is 2.32. The topological polar surface area (TPSA) is 108 Å². The zero-order valence-electron chi connectivity index (χ0n) is 16.3. The van der Waals surface area contributed by atoms with Gasteiger partial charge in [0.2, 0.25) is 16.8 Å². The van der Waals surface area contributed by atoms with E-state index in [1.165, 1.54) is 24.3 Å². The van der Waals surface area contributed by atoms with E-state index in [0.717, 1.165) is 12.1 Å². The molecule has 0 radical (unpaired) electrons. The van der Waals surface area contributed by atoms with Gasteiger partial charge in [-0.25, -0.2) is 12.8 Å². The third kappa shape index (κ3) is 4.77. The molecule has 2 aromatic carbocycles. The molecule has 0 fully saturated rings. The van der Waals surface area contributed by atoms with Crippen LogP contribution in [0.25, 0.3) is 0 Å². The Morgan fingerprint density at radius 2 is 1.83 bits per heavy atom. The third-order valence-electron chi connectivity index (χ3n) is 4.37. The van der Waals surface area contributed by atoms with Crippen LogP contribution >= 0.6 is 0 Å². The lowest BCUT2D eigenvalue weighted by molar-refractivity contribution is -0.145. The second-order valence-electron chi connectivity index (χ2n) is 6.87. The van der Waals surface area contributed by atoms with Crippen LogP contribution in [0.3, 0.4) is 0 Å². The van der Waals surface area contributed by atoms with Crippen molar-refractivity contribution in [2.75, 3.05) is 13.4 Å². The molecule has 2 aromatic rings. The van der Waals surface area contributed by atoms with Gasteiger partial charge in [0, 0.05) is 5.56 Å². The number of rotatable bonds is 8. The quantitative estimate of drug-likeness (QED) is 0.499. The maximum atomic E-state index is 13.9. The van der Waals surface area contributed by atoms with Crippen LogP contribution in [0, 0.1) is 11.7 Å². The highest BCUT2D eigenvalue weighted by molar-refractivity contribution is 7.89. The first-order chi connectivity index (χ1) is 14.2. The standard InChI is InChI=1S/C20H20FNO7S/c1-12(2)19(22-30(25,26)18-6-4-3-5-14(18)21)20(24)27-10-15(23)13-7-8-16-17(9-13)29-11-28-16/h3-9,12,19,22H,10-11H2,1-2H3/t19-/m0/s1. The van der Waals surface area contributed by atoms with Crippen molar-refractivity contribution < 1.29 is 36.6 Å². The van der Waals surface area contributed by atoms with Crippen molar-refractivity contribution >= 4 is 21.8 Å². The van der Waals surface area contributed by atoms with E-state index in [1.54, 1.807) is 19.9 Å². The van der Waals surface area contributed by atoms with Gasteiger partial charge in [-0.15, -0.1) is 0 Å². The molecule has 1 aliphatic heterocycles. The summed E-state index contributed by atoms with van der Waals surface area (Å²) in [5.74, 6) is -1.99. The van der Waals surface area contributed by atoms with Crippen molar-refractivity contribution in [1.29, 1.82) is 0 Å². The van der Waals surface area contributed by atoms with E-state index >= 15 is 0 Å². The predicted molar refractivity (Wildman–Crippen MR) is 103 cm³/mol. The molecular formula is C20H20FNO7S. The van der Waals surface area contributed by atoms with Crippen LogP contribution in [-0.2, 0) is 19.6 Å². The summed E-state index contributed by atoms with van der Waals surface area (Å²) < 4.78 is 56.4. The van der Waals surface area contributed by atoms with E-state index in [2.05, 4.69) is 4.72 Å². The fourth-order valence-electron chi connectivity index (χ4n) is 2.73.